The Morgan fingerprint density at radius 3 is 2.64 bits per heavy atom. The quantitative estimate of drug-likeness (QED) is 0.278. The van der Waals surface area contributed by atoms with Crippen LogP contribution in [0.3, 0.4) is 0 Å². The van der Waals surface area contributed by atoms with Crippen molar-refractivity contribution in [3.63, 3.8) is 0 Å². The molecule has 0 fully saturated rings. The predicted molar refractivity (Wildman–Crippen MR) is 136 cm³/mol. The van der Waals surface area contributed by atoms with Crippen molar-refractivity contribution in [1.82, 2.24) is 9.55 Å². The second kappa shape index (κ2) is 7.90. The number of benzene rings is 2. The number of thiazole rings is 1. The van der Waals surface area contributed by atoms with E-state index in [1.165, 1.54) is 11.1 Å². The van der Waals surface area contributed by atoms with Crippen molar-refractivity contribution in [2.75, 3.05) is 0 Å². The average Bonchev–Trinajstić information content (AvgIpc) is 3.49. The third kappa shape index (κ3) is 3.96. The lowest BCUT2D eigenvalue weighted by Gasteiger charge is -2.13. The summed E-state index contributed by atoms with van der Waals surface area (Å²) in [6.07, 6.45) is 1.96. The molecule has 0 aliphatic heterocycles. The minimum Gasteiger partial charge on any atom is -0.454 e. The standard InChI is InChI=1S/C28H27N3OS/c1-17(2)19-7-8-23-22(11-19)21(13-29)15-31(23)14-18-6-9-24-20(10-18)12-25(32-24)27-30-26(16-33-27)28(3,4)5/h6-12,15-17H,14H2,1-5H3. The Labute approximate surface area is 198 Å². The molecule has 0 radical (unpaired) electrons. The van der Waals surface area contributed by atoms with Crippen LogP contribution in [0, 0.1) is 11.3 Å². The van der Waals surface area contributed by atoms with Gasteiger partial charge < -0.3 is 8.98 Å². The van der Waals surface area contributed by atoms with Crippen LogP contribution in [-0.4, -0.2) is 9.55 Å². The fraction of sp³-hybridized carbons (Fsp3) is 0.286. The molecule has 33 heavy (non-hydrogen) atoms. The highest BCUT2D eigenvalue weighted by atomic mass is 32.1. The monoisotopic (exact) mass is 453 g/mol. The molecule has 0 saturated heterocycles. The van der Waals surface area contributed by atoms with Crippen molar-refractivity contribution < 1.29 is 4.42 Å². The Balaban J connectivity index is 1.48. The zero-order chi connectivity index (χ0) is 23.3. The summed E-state index contributed by atoms with van der Waals surface area (Å²) in [6.45, 7) is 11.6. The van der Waals surface area contributed by atoms with Crippen LogP contribution in [-0.2, 0) is 12.0 Å². The summed E-state index contributed by atoms with van der Waals surface area (Å²) in [4.78, 5) is 4.79. The Hall–Kier alpha value is -3.36. The van der Waals surface area contributed by atoms with E-state index in [4.69, 9.17) is 9.40 Å². The number of hydrogen-bond acceptors (Lipinski definition) is 4. The first-order chi connectivity index (χ1) is 15.7. The Kier molecular flexibility index (Phi) is 5.14. The van der Waals surface area contributed by atoms with Crippen molar-refractivity contribution in [1.29, 1.82) is 5.26 Å². The van der Waals surface area contributed by atoms with E-state index >= 15 is 0 Å². The Morgan fingerprint density at radius 1 is 1.12 bits per heavy atom. The molecule has 0 N–H and O–H groups in total. The summed E-state index contributed by atoms with van der Waals surface area (Å²) in [5.74, 6) is 1.24. The van der Waals surface area contributed by atoms with Crippen LogP contribution in [0.5, 0.6) is 0 Å². The summed E-state index contributed by atoms with van der Waals surface area (Å²) in [6, 6.07) is 17.2. The van der Waals surface area contributed by atoms with Gasteiger partial charge in [-0.2, -0.15) is 5.26 Å². The first kappa shape index (κ1) is 21.5. The number of aromatic nitrogens is 2. The molecule has 3 aromatic heterocycles. The molecule has 166 valence electrons. The molecule has 4 nitrogen and oxygen atoms in total. The lowest BCUT2D eigenvalue weighted by atomic mass is 9.93. The zero-order valence-electron chi connectivity index (χ0n) is 19.6. The summed E-state index contributed by atoms with van der Waals surface area (Å²) < 4.78 is 8.27. The molecular formula is C28H27N3OS. The summed E-state index contributed by atoms with van der Waals surface area (Å²) in [5.41, 5.74) is 6.18. The number of nitrogens with zero attached hydrogens (tertiary/aromatic N) is 3. The minimum absolute atomic E-state index is 0.0195. The van der Waals surface area contributed by atoms with Crippen molar-refractivity contribution >= 4 is 33.2 Å². The summed E-state index contributed by atoms with van der Waals surface area (Å²) in [5, 5.41) is 14.8. The molecule has 2 aromatic carbocycles. The molecule has 3 heterocycles. The van der Waals surface area contributed by atoms with E-state index in [0.717, 1.165) is 43.9 Å². The van der Waals surface area contributed by atoms with Crippen molar-refractivity contribution in [3.05, 3.63) is 76.4 Å². The van der Waals surface area contributed by atoms with Gasteiger partial charge in [0.2, 0.25) is 0 Å². The van der Waals surface area contributed by atoms with Crippen LogP contribution in [0.4, 0.5) is 0 Å². The van der Waals surface area contributed by atoms with Crippen molar-refractivity contribution in [2.24, 2.45) is 0 Å². The van der Waals surface area contributed by atoms with Gasteiger partial charge in [-0.3, -0.25) is 0 Å². The van der Waals surface area contributed by atoms with Crippen LogP contribution in [0.15, 0.2) is 58.5 Å². The molecule has 5 heteroatoms. The van der Waals surface area contributed by atoms with Gasteiger partial charge in [-0.25, -0.2) is 4.98 Å². The molecule has 0 unspecified atom stereocenters. The van der Waals surface area contributed by atoms with Gasteiger partial charge in [0.1, 0.15) is 11.7 Å². The Morgan fingerprint density at radius 2 is 1.94 bits per heavy atom. The number of rotatable bonds is 4. The average molecular weight is 454 g/mol. The Bertz CT molecular complexity index is 1520. The SMILES string of the molecule is CC(C)c1ccc2c(c1)c(C#N)cn2Cc1ccc2oc(-c3nc(C(C)(C)C)cs3)cc2c1. The molecule has 5 aromatic rings. The molecular weight excluding hydrogens is 426 g/mol. The normalized spacial score (nSPS) is 12.2. The van der Waals surface area contributed by atoms with Crippen LogP contribution in [0.25, 0.3) is 32.6 Å². The highest BCUT2D eigenvalue weighted by molar-refractivity contribution is 7.13. The summed E-state index contributed by atoms with van der Waals surface area (Å²) in [7, 11) is 0. The second-order valence-electron chi connectivity index (χ2n) is 9.98. The minimum atomic E-state index is 0.0195. The molecule has 5 rings (SSSR count). The van der Waals surface area contributed by atoms with E-state index in [1.807, 2.05) is 12.3 Å². The van der Waals surface area contributed by atoms with Gasteiger partial charge in [0, 0.05) is 39.8 Å². The number of hydrogen-bond donors (Lipinski definition) is 0. The zero-order valence-corrected chi connectivity index (χ0v) is 20.5. The molecule has 0 aliphatic carbocycles. The highest BCUT2D eigenvalue weighted by Gasteiger charge is 2.19. The smallest absolute Gasteiger partial charge is 0.164 e. The van der Waals surface area contributed by atoms with E-state index in [0.29, 0.717) is 12.5 Å². The van der Waals surface area contributed by atoms with E-state index in [2.05, 4.69) is 87.0 Å². The maximum absolute atomic E-state index is 9.67. The largest absolute Gasteiger partial charge is 0.454 e. The van der Waals surface area contributed by atoms with Crippen LogP contribution in [0.1, 0.15) is 62.9 Å². The van der Waals surface area contributed by atoms with E-state index < -0.39 is 0 Å². The highest BCUT2D eigenvalue weighted by Crippen LogP contribution is 2.34. The molecule has 0 atom stereocenters. The lowest BCUT2D eigenvalue weighted by Crippen LogP contribution is -2.11. The lowest BCUT2D eigenvalue weighted by molar-refractivity contribution is 0.571. The second-order valence-corrected chi connectivity index (χ2v) is 10.8. The van der Waals surface area contributed by atoms with Gasteiger partial charge in [-0.15, -0.1) is 11.3 Å². The van der Waals surface area contributed by atoms with Crippen molar-refractivity contribution in [3.8, 4) is 16.8 Å². The maximum Gasteiger partial charge on any atom is 0.164 e. The summed E-state index contributed by atoms with van der Waals surface area (Å²) >= 11 is 1.62. The number of nitriles is 1. The third-order valence-electron chi connectivity index (χ3n) is 6.11. The maximum atomic E-state index is 9.67. The van der Waals surface area contributed by atoms with Gasteiger partial charge in [-0.1, -0.05) is 46.8 Å². The third-order valence-corrected chi connectivity index (χ3v) is 6.97. The van der Waals surface area contributed by atoms with Crippen LogP contribution >= 0.6 is 11.3 Å². The first-order valence-corrected chi connectivity index (χ1v) is 12.1. The first-order valence-electron chi connectivity index (χ1n) is 11.2. The van der Waals surface area contributed by atoms with E-state index in [-0.39, 0.29) is 5.41 Å². The van der Waals surface area contributed by atoms with E-state index in [1.54, 1.807) is 11.3 Å². The van der Waals surface area contributed by atoms with Gasteiger partial charge >= 0.3 is 0 Å². The van der Waals surface area contributed by atoms with Crippen molar-refractivity contribution in [2.45, 2.75) is 52.5 Å². The molecule has 0 saturated carbocycles. The van der Waals surface area contributed by atoms with Crippen LogP contribution in [0.2, 0.25) is 0 Å². The van der Waals surface area contributed by atoms with Gasteiger partial charge in [0.05, 0.1) is 11.3 Å². The predicted octanol–water partition coefficient (Wildman–Crippen LogP) is 7.85. The molecule has 0 bridgehead atoms. The van der Waals surface area contributed by atoms with Gasteiger partial charge in [0.25, 0.3) is 0 Å². The molecule has 0 amide bonds. The van der Waals surface area contributed by atoms with Gasteiger partial charge in [0.15, 0.2) is 10.8 Å². The fourth-order valence-electron chi connectivity index (χ4n) is 4.12. The fourth-order valence-corrected chi connectivity index (χ4v) is 5.12. The number of furan rings is 1. The number of fused-ring (bicyclic) bond motifs is 2. The van der Waals surface area contributed by atoms with E-state index in [9.17, 15) is 5.26 Å². The topological polar surface area (TPSA) is 54.8 Å². The van der Waals surface area contributed by atoms with Gasteiger partial charge in [-0.05, 0) is 47.4 Å². The molecule has 0 aliphatic rings. The van der Waals surface area contributed by atoms with Crippen LogP contribution < -0.4 is 0 Å². The molecule has 0 spiro atoms.